The fourth-order valence-electron chi connectivity index (χ4n) is 3.76. The van der Waals surface area contributed by atoms with Crippen molar-refractivity contribution in [3.05, 3.63) is 71.9 Å². The first-order valence-corrected chi connectivity index (χ1v) is 11.0. The summed E-state index contributed by atoms with van der Waals surface area (Å²) < 4.78 is 7.87. The molecule has 0 aliphatic heterocycles. The van der Waals surface area contributed by atoms with Crippen molar-refractivity contribution in [1.29, 1.82) is 0 Å². The summed E-state index contributed by atoms with van der Waals surface area (Å²) in [7, 11) is 0. The molecule has 4 aromatic rings. The van der Waals surface area contributed by atoms with Crippen molar-refractivity contribution in [3.63, 3.8) is 0 Å². The average Bonchev–Trinajstić information content (AvgIpc) is 3.15. The van der Waals surface area contributed by atoms with E-state index in [9.17, 15) is 4.79 Å². The SMILES string of the molecule is CCc1ccc(NC(=O)[C@@H](C)Oc2cc(-c3ccccc3)c3c(C)nn(CC)c3n2)cc1. The first kappa shape index (κ1) is 21.6. The van der Waals surface area contributed by atoms with Crippen LogP contribution in [0.1, 0.15) is 32.0 Å². The van der Waals surface area contributed by atoms with E-state index >= 15 is 0 Å². The van der Waals surface area contributed by atoms with Gasteiger partial charge >= 0.3 is 0 Å². The number of hydrogen-bond acceptors (Lipinski definition) is 4. The van der Waals surface area contributed by atoms with E-state index in [0.29, 0.717) is 12.4 Å². The Bertz CT molecular complexity index is 1230. The Balaban J connectivity index is 1.64. The molecule has 0 aliphatic rings. The molecule has 6 heteroatoms. The first-order valence-electron chi connectivity index (χ1n) is 11.0. The molecule has 0 bridgehead atoms. The Morgan fingerprint density at radius 2 is 1.81 bits per heavy atom. The lowest BCUT2D eigenvalue weighted by Crippen LogP contribution is -2.30. The summed E-state index contributed by atoms with van der Waals surface area (Å²) in [6, 6.07) is 19.8. The Morgan fingerprint density at radius 3 is 2.47 bits per heavy atom. The molecule has 0 fully saturated rings. The predicted molar refractivity (Wildman–Crippen MR) is 128 cm³/mol. The molecule has 32 heavy (non-hydrogen) atoms. The van der Waals surface area contributed by atoms with Crippen molar-refractivity contribution in [3.8, 4) is 17.0 Å². The molecular weight excluding hydrogens is 400 g/mol. The number of aryl methyl sites for hydroxylation is 3. The van der Waals surface area contributed by atoms with Gasteiger partial charge in [-0.2, -0.15) is 10.1 Å². The molecule has 0 aliphatic carbocycles. The van der Waals surface area contributed by atoms with Gasteiger partial charge in [-0.05, 0) is 56.0 Å². The second-order valence-corrected chi connectivity index (χ2v) is 7.77. The number of carbonyl (C=O) groups excluding carboxylic acids is 1. The number of nitrogens with zero attached hydrogens (tertiary/aromatic N) is 3. The van der Waals surface area contributed by atoms with E-state index in [2.05, 4.69) is 29.5 Å². The zero-order valence-corrected chi connectivity index (χ0v) is 18.9. The maximum Gasteiger partial charge on any atom is 0.265 e. The van der Waals surface area contributed by atoms with Gasteiger partial charge in [0.05, 0.1) is 11.1 Å². The molecule has 4 rings (SSSR count). The Labute approximate surface area is 188 Å². The normalized spacial score (nSPS) is 12.0. The largest absolute Gasteiger partial charge is 0.464 e. The third-order valence-electron chi connectivity index (χ3n) is 5.53. The van der Waals surface area contributed by atoms with Gasteiger partial charge in [0.25, 0.3) is 5.91 Å². The number of anilines is 1. The van der Waals surface area contributed by atoms with Crippen molar-refractivity contribution >= 4 is 22.6 Å². The second-order valence-electron chi connectivity index (χ2n) is 7.77. The molecule has 1 N–H and O–H groups in total. The van der Waals surface area contributed by atoms with Crippen LogP contribution >= 0.6 is 0 Å². The van der Waals surface area contributed by atoms with Gasteiger partial charge in [0, 0.05) is 18.3 Å². The highest BCUT2D eigenvalue weighted by molar-refractivity contribution is 5.96. The van der Waals surface area contributed by atoms with E-state index in [0.717, 1.165) is 40.0 Å². The number of nitrogens with one attached hydrogen (secondary N) is 1. The van der Waals surface area contributed by atoms with Gasteiger partial charge in [-0.25, -0.2) is 4.68 Å². The number of aromatic nitrogens is 3. The topological polar surface area (TPSA) is 69.0 Å². The lowest BCUT2D eigenvalue weighted by Gasteiger charge is -2.16. The molecule has 0 saturated heterocycles. The van der Waals surface area contributed by atoms with Gasteiger partial charge in [-0.15, -0.1) is 0 Å². The Kier molecular flexibility index (Phi) is 6.21. The van der Waals surface area contributed by atoms with Crippen LogP contribution in [0.3, 0.4) is 0 Å². The van der Waals surface area contributed by atoms with Gasteiger partial charge < -0.3 is 10.1 Å². The van der Waals surface area contributed by atoms with Gasteiger partial charge in [0.15, 0.2) is 11.8 Å². The van der Waals surface area contributed by atoms with Crippen molar-refractivity contribution < 1.29 is 9.53 Å². The smallest absolute Gasteiger partial charge is 0.265 e. The first-order chi connectivity index (χ1) is 15.5. The summed E-state index contributed by atoms with van der Waals surface area (Å²) in [5.41, 5.74) is 5.68. The second kappa shape index (κ2) is 9.22. The fourth-order valence-corrected chi connectivity index (χ4v) is 3.76. The lowest BCUT2D eigenvalue weighted by molar-refractivity contribution is -0.122. The highest BCUT2D eigenvalue weighted by atomic mass is 16.5. The van der Waals surface area contributed by atoms with Gasteiger partial charge in [-0.3, -0.25) is 4.79 Å². The highest BCUT2D eigenvalue weighted by Gasteiger charge is 2.20. The number of rotatable bonds is 7. The van der Waals surface area contributed by atoms with Crippen LogP contribution in [0.2, 0.25) is 0 Å². The molecular formula is C26H28N4O2. The van der Waals surface area contributed by atoms with E-state index in [1.807, 2.05) is 67.1 Å². The van der Waals surface area contributed by atoms with E-state index in [-0.39, 0.29) is 5.91 Å². The minimum absolute atomic E-state index is 0.224. The van der Waals surface area contributed by atoms with E-state index in [4.69, 9.17) is 9.72 Å². The van der Waals surface area contributed by atoms with E-state index in [1.54, 1.807) is 6.92 Å². The van der Waals surface area contributed by atoms with Crippen molar-refractivity contribution in [2.45, 2.75) is 46.8 Å². The van der Waals surface area contributed by atoms with Crippen LogP contribution in [0.5, 0.6) is 5.88 Å². The molecule has 6 nitrogen and oxygen atoms in total. The van der Waals surface area contributed by atoms with Crippen LogP contribution in [0, 0.1) is 6.92 Å². The molecule has 164 valence electrons. The molecule has 1 atom stereocenters. The molecule has 2 aromatic heterocycles. The number of carbonyl (C=O) groups is 1. The van der Waals surface area contributed by atoms with Crippen LogP contribution in [-0.4, -0.2) is 26.8 Å². The third kappa shape index (κ3) is 4.35. The number of pyridine rings is 1. The molecule has 0 spiro atoms. The number of hydrogen-bond donors (Lipinski definition) is 1. The monoisotopic (exact) mass is 428 g/mol. The Morgan fingerprint density at radius 1 is 1.09 bits per heavy atom. The van der Waals surface area contributed by atoms with Gasteiger partial charge in [0.1, 0.15) is 0 Å². The highest BCUT2D eigenvalue weighted by Crippen LogP contribution is 2.33. The maximum absolute atomic E-state index is 12.7. The number of benzene rings is 2. The summed E-state index contributed by atoms with van der Waals surface area (Å²) in [5.74, 6) is 0.174. The summed E-state index contributed by atoms with van der Waals surface area (Å²) in [6.45, 7) is 8.54. The quantitative estimate of drug-likeness (QED) is 0.428. The fraction of sp³-hybridized carbons (Fsp3) is 0.269. The number of amides is 1. The summed E-state index contributed by atoms with van der Waals surface area (Å²) in [5, 5.41) is 8.55. The number of ether oxygens (including phenoxy) is 1. The minimum atomic E-state index is -0.714. The maximum atomic E-state index is 12.7. The van der Waals surface area contributed by atoms with Crippen LogP contribution in [0.4, 0.5) is 5.69 Å². The molecule has 1 amide bonds. The minimum Gasteiger partial charge on any atom is -0.464 e. The molecule has 0 unspecified atom stereocenters. The van der Waals surface area contributed by atoms with Crippen LogP contribution in [0.25, 0.3) is 22.2 Å². The molecule has 2 aromatic carbocycles. The van der Waals surface area contributed by atoms with Crippen LogP contribution in [0.15, 0.2) is 60.7 Å². The average molecular weight is 429 g/mol. The third-order valence-corrected chi connectivity index (χ3v) is 5.53. The zero-order valence-electron chi connectivity index (χ0n) is 18.9. The van der Waals surface area contributed by atoms with E-state index in [1.165, 1.54) is 5.56 Å². The molecule has 2 heterocycles. The lowest BCUT2D eigenvalue weighted by atomic mass is 10.0. The standard InChI is InChI=1S/C26H28N4O2/c1-5-19-12-14-21(15-13-19)27-26(31)18(4)32-23-16-22(20-10-8-7-9-11-20)24-17(3)29-30(6-2)25(24)28-23/h7-16,18H,5-6H2,1-4H3,(H,27,31)/t18-/m1/s1. The summed E-state index contributed by atoms with van der Waals surface area (Å²) in [4.78, 5) is 17.4. The Hall–Kier alpha value is -3.67. The van der Waals surface area contributed by atoms with E-state index < -0.39 is 6.10 Å². The zero-order chi connectivity index (χ0) is 22.7. The number of fused-ring (bicyclic) bond motifs is 1. The van der Waals surface area contributed by atoms with Crippen molar-refractivity contribution in [2.75, 3.05) is 5.32 Å². The molecule has 0 saturated carbocycles. The summed E-state index contributed by atoms with van der Waals surface area (Å²) in [6.07, 6.45) is 0.243. The molecule has 0 radical (unpaired) electrons. The predicted octanol–water partition coefficient (Wildman–Crippen LogP) is 5.40. The van der Waals surface area contributed by atoms with Crippen LogP contribution in [-0.2, 0) is 17.8 Å². The van der Waals surface area contributed by atoms with Crippen molar-refractivity contribution in [2.24, 2.45) is 0 Å². The summed E-state index contributed by atoms with van der Waals surface area (Å²) >= 11 is 0. The van der Waals surface area contributed by atoms with Crippen molar-refractivity contribution in [1.82, 2.24) is 14.8 Å². The van der Waals surface area contributed by atoms with Crippen LogP contribution < -0.4 is 10.1 Å². The van der Waals surface area contributed by atoms with Gasteiger partial charge in [-0.1, -0.05) is 49.4 Å². The van der Waals surface area contributed by atoms with Gasteiger partial charge in [0.2, 0.25) is 5.88 Å².